The van der Waals surface area contributed by atoms with Gasteiger partial charge in [0.15, 0.2) is 11.5 Å². The smallest absolute Gasteiger partial charge is 0.163 e. The van der Waals surface area contributed by atoms with Crippen LogP contribution in [0.3, 0.4) is 0 Å². The Morgan fingerprint density at radius 3 is 2.89 bits per heavy atom. The molecule has 98 valence electrons. The van der Waals surface area contributed by atoms with Crippen LogP contribution in [0.2, 0.25) is 0 Å². The lowest BCUT2D eigenvalue weighted by Gasteiger charge is -2.25. The van der Waals surface area contributed by atoms with Crippen molar-refractivity contribution in [3.05, 3.63) is 18.2 Å². The van der Waals surface area contributed by atoms with Crippen molar-refractivity contribution in [1.29, 1.82) is 0 Å². The summed E-state index contributed by atoms with van der Waals surface area (Å²) in [5, 5.41) is 3.41. The molecule has 4 heteroatoms. The van der Waals surface area contributed by atoms with E-state index in [0.717, 1.165) is 37.1 Å². The van der Waals surface area contributed by atoms with Gasteiger partial charge in [0.25, 0.3) is 0 Å². The molecule has 0 aromatic heterocycles. The Bertz CT molecular complexity index is 416. The molecule has 2 heterocycles. The van der Waals surface area contributed by atoms with Crippen molar-refractivity contribution in [2.24, 2.45) is 5.92 Å². The highest BCUT2D eigenvalue weighted by Gasteiger charge is 2.18. The molecule has 0 amide bonds. The number of nitrogens with zero attached hydrogens (tertiary/aromatic N) is 1. The summed E-state index contributed by atoms with van der Waals surface area (Å²) in [6, 6.07) is 6.19. The molecule has 1 atom stereocenters. The Kier molecular flexibility index (Phi) is 3.28. The molecule has 1 saturated heterocycles. The van der Waals surface area contributed by atoms with E-state index in [1.165, 1.54) is 12.1 Å². The SMILES string of the molecule is CN(CC1CCNC1)c1ccc2c(c1)OCCO2. The lowest BCUT2D eigenvalue weighted by Crippen LogP contribution is -2.27. The molecule has 1 aromatic rings. The second-order valence-corrected chi connectivity index (χ2v) is 5.07. The molecule has 1 fully saturated rings. The van der Waals surface area contributed by atoms with Crippen LogP contribution in [-0.2, 0) is 0 Å². The Morgan fingerprint density at radius 1 is 1.28 bits per heavy atom. The fraction of sp³-hybridized carbons (Fsp3) is 0.571. The van der Waals surface area contributed by atoms with E-state index in [2.05, 4.69) is 29.4 Å². The number of fused-ring (bicyclic) bond motifs is 1. The van der Waals surface area contributed by atoms with Gasteiger partial charge in [0.05, 0.1) is 0 Å². The largest absolute Gasteiger partial charge is 0.486 e. The summed E-state index contributed by atoms with van der Waals surface area (Å²) >= 11 is 0. The monoisotopic (exact) mass is 248 g/mol. The standard InChI is InChI=1S/C14H20N2O2/c1-16(10-11-4-5-15-9-11)12-2-3-13-14(8-12)18-7-6-17-13/h2-3,8,11,15H,4-7,9-10H2,1H3. The third-order valence-corrected chi connectivity index (χ3v) is 3.66. The average Bonchev–Trinajstić information content (AvgIpc) is 2.91. The highest BCUT2D eigenvalue weighted by Crippen LogP contribution is 2.33. The summed E-state index contributed by atoms with van der Waals surface area (Å²) in [5.41, 5.74) is 1.20. The molecule has 3 rings (SSSR count). The molecule has 0 bridgehead atoms. The lowest BCUT2D eigenvalue weighted by atomic mass is 10.1. The molecule has 1 N–H and O–H groups in total. The van der Waals surface area contributed by atoms with Gasteiger partial charge in [0, 0.05) is 25.3 Å². The van der Waals surface area contributed by atoms with E-state index in [-0.39, 0.29) is 0 Å². The summed E-state index contributed by atoms with van der Waals surface area (Å²) in [4.78, 5) is 2.30. The van der Waals surface area contributed by atoms with E-state index < -0.39 is 0 Å². The number of nitrogens with one attached hydrogen (secondary N) is 1. The average molecular weight is 248 g/mol. The van der Waals surface area contributed by atoms with Gasteiger partial charge in [-0.2, -0.15) is 0 Å². The van der Waals surface area contributed by atoms with E-state index in [9.17, 15) is 0 Å². The summed E-state index contributed by atoms with van der Waals surface area (Å²) in [6.45, 7) is 4.67. The van der Waals surface area contributed by atoms with Gasteiger partial charge in [0.1, 0.15) is 13.2 Å². The number of hydrogen-bond donors (Lipinski definition) is 1. The van der Waals surface area contributed by atoms with Crippen molar-refractivity contribution in [1.82, 2.24) is 5.32 Å². The second kappa shape index (κ2) is 5.06. The van der Waals surface area contributed by atoms with Crippen LogP contribution in [0.25, 0.3) is 0 Å². The molecule has 0 saturated carbocycles. The van der Waals surface area contributed by atoms with Crippen LogP contribution in [0, 0.1) is 5.92 Å². The highest BCUT2D eigenvalue weighted by atomic mass is 16.6. The Balaban J connectivity index is 1.70. The molecule has 2 aliphatic rings. The fourth-order valence-electron chi connectivity index (χ4n) is 2.63. The zero-order valence-corrected chi connectivity index (χ0v) is 10.8. The van der Waals surface area contributed by atoms with Gasteiger partial charge in [-0.25, -0.2) is 0 Å². The van der Waals surface area contributed by atoms with Gasteiger partial charge in [-0.1, -0.05) is 0 Å². The first kappa shape index (κ1) is 11.7. The molecule has 1 unspecified atom stereocenters. The maximum Gasteiger partial charge on any atom is 0.163 e. The van der Waals surface area contributed by atoms with Crippen molar-refractivity contribution in [3.8, 4) is 11.5 Å². The number of anilines is 1. The maximum atomic E-state index is 5.62. The van der Waals surface area contributed by atoms with Crippen LogP contribution in [0.1, 0.15) is 6.42 Å². The first-order valence-corrected chi connectivity index (χ1v) is 6.64. The van der Waals surface area contributed by atoms with Crippen molar-refractivity contribution >= 4 is 5.69 Å². The van der Waals surface area contributed by atoms with E-state index >= 15 is 0 Å². The minimum atomic E-state index is 0.646. The Labute approximate surface area is 108 Å². The summed E-state index contributed by atoms with van der Waals surface area (Å²) in [7, 11) is 2.14. The first-order chi connectivity index (χ1) is 8.83. The maximum absolute atomic E-state index is 5.62. The molecular formula is C14H20N2O2. The van der Waals surface area contributed by atoms with Crippen molar-refractivity contribution in [2.75, 3.05) is 44.8 Å². The lowest BCUT2D eigenvalue weighted by molar-refractivity contribution is 0.171. The van der Waals surface area contributed by atoms with Crippen LogP contribution < -0.4 is 19.7 Å². The molecule has 18 heavy (non-hydrogen) atoms. The Hall–Kier alpha value is -1.42. The molecule has 0 radical (unpaired) electrons. The predicted molar refractivity (Wildman–Crippen MR) is 71.7 cm³/mol. The zero-order valence-electron chi connectivity index (χ0n) is 10.8. The fourth-order valence-corrected chi connectivity index (χ4v) is 2.63. The van der Waals surface area contributed by atoms with Gasteiger partial charge in [-0.3, -0.25) is 0 Å². The van der Waals surface area contributed by atoms with Gasteiger partial charge < -0.3 is 19.7 Å². The van der Waals surface area contributed by atoms with E-state index in [1.807, 2.05) is 6.07 Å². The van der Waals surface area contributed by atoms with Crippen LogP contribution in [0.4, 0.5) is 5.69 Å². The van der Waals surface area contributed by atoms with Crippen molar-refractivity contribution in [3.63, 3.8) is 0 Å². The molecule has 0 aliphatic carbocycles. The molecular weight excluding hydrogens is 228 g/mol. The number of benzene rings is 1. The number of hydrogen-bond acceptors (Lipinski definition) is 4. The topological polar surface area (TPSA) is 33.7 Å². The minimum Gasteiger partial charge on any atom is -0.486 e. The first-order valence-electron chi connectivity index (χ1n) is 6.64. The van der Waals surface area contributed by atoms with Gasteiger partial charge >= 0.3 is 0 Å². The van der Waals surface area contributed by atoms with Crippen molar-refractivity contribution in [2.45, 2.75) is 6.42 Å². The number of ether oxygens (including phenoxy) is 2. The third kappa shape index (κ3) is 2.38. The number of rotatable bonds is 3. The summed E-state index contributed by atoms with van der Waals surface area (Å²) < 4.78 is 11.2. The van der Waals surface area contributed by atoms with E-state index in [0.29, 0.717) is 13.2 Å². The van der Waals surface area contributed by atoms with Crippen molar-refractivity contribution < 1.29 is 9.47 Å². The summed E-state index contributed by atoms with van der Waals surface area (Å²) in [5.74, 6) is 2.49. The van der Waals surface area contributed by atoms with Gasteiger partial charge in [-0.15, -0.1) is 0 Å². The highest BCUT2D eigenvalue weighted by molar-refractivity contribution is 5.56. The molecule has 0 spiro atoms. The van der Waals surface area contributed by atoms with Crippen LogP contribution in [-0.4, -0.2) is 39.9 Å². The van der Waals surface area contributed by atoms with Gasteiger partial charge in [0.2, 0.25) is 0 Å². The molecule has 4 nitrogen and oxygen atoms in total. The third-order valence-electron chi connectivity index (χ3n) is 3.66. The zero-order chi connectivity index (χ0) is 12.4. The van der Waals surface area contributed by atoms with Crippen LogP contribution >= 0.6 is 0 Å². The normalized spacial score (nSPS) is 21.9. The summed E-state index contributed by atoms with van der Waals surface area (Å²) in [6.07, 6.45) is 1.27. The Morgan fingerprint density at radius 2 is 2.11 bits per heavy atom. The second-order valence-electron chi connectivity index (χ2n) is 5.07. The van der Waals surface area contributed by atoms with E-state index in [1.54, 1.807) is 0 Å². The molecule has 1 aromatic carbocycles. The minimum absolute atomic E-state index is 0.646. The van der Waals surface area contributed by atoms with Crippen LogP contribution in [0.15, 0.2) is 18.2 Å². The van der Waals surface area contributed by atoms with E-state index in [4.69, 9.17) is 9.47 Å². The van der Waals surface area contributed by atoms with Gasteiger partial charge in [-0.05, 0) is 37.6 Å². The predicted octanol–water partition coefficient (Wildman–Crippen LogP) is 1.50. The van der Waals surface area contributed by atoms with Crippen LogP contribution in [0.5, 0.6) is 11.5 Å². The molecule has 2 aliphatic heterocycles. The quantitative estimate of drug-likeness (QED) is 0.879.